The monoisotopic (exact) mass is 434 g/mol. The second-order valence-corrected chi connectivity index (χ2v) is 7.24. The van der Waals surface area contributed by atoms with Gasteiger partial charge in [0, 0.05) is 10.5 Å². The van der Waals surface area contributed by atoms with Gasteiger partial charge in [0.25, 0.3) is 0 Å². The maximum absolute atomic E-state index is 12.6. The molecule has 0 saturated carbocycles. The van der Waals surface area contributed by atoms with Crippen molar-refractivity contribution in [3.8, 4) is 11.5 Å². The molecule has 3 aromatic carbocycles. The van der Waals surface area contributed by atoms with Crippen LogP contribution in [0.4, 0.5) is 0 Å². The molecule has 0 fully saturated rings. The van der Waals surface area contributed by atoms with Crippen molar-refractivity contribution in [2.75, 3.05) is 0 Å². The largest absolute Gasteiger partial charge is 0.452 e. The van der Waals surface area contributed by atoms with E-state index in [1.807, 2.05) is 37.3 Å². The number of hydrogen-bond acceptors (Lipinski definition) is 4. The van der Waals surface area contributed by atoms with Crippen LogP contribution in [-0.4, -0.2) is 11.8 Å². The van der Waals surface area contributed by atoms with Crippen molar-refractivity contribution in [1.29, 1.82) is 0 Å². The summed E-state index contributed by atoms with van der Waals surface area (Å²) in [5.74, 6) is 0.243. The molecule has 4 nitrogen and oxygen atoms in total. The Bertz CT molecular complexity index is 1130. The fraction of sp³-hybridized carbons (Fsp3) is 0.0435. The van der Waals surface area contributed by atoms with Crippen molar-refractivity contribution >= 4 is 33.8 Å². The molecule has 1 aliphatic heterocycles. The Morgan fingerprint density at radius 3 is 2.64 bits per heavy atom. The molecule has 0 N–H and O–H groups in total. The molecule has 5 heteroatoms. The van der Waals surface area contributed by atoms with E-state index in [0.717, 1.165) is 11.1 Å². The van der Waals surface area contributed by atoms with Gasteiger partial charge in [-0.25, -0.2) is 4.79 Å². The van der Waals surface area contributed by atoms with Gasteiger partial charge in [-0.3, -0.25) is 4.79 Å². The van der Waals surface area contributed by atoms with E-state index in [9.17, 15) is 9.59 Å². The first kappa shape index (κ1) is 18.2. The number of Topliss-reactive ketones (excluding diaryl/α,β-unsaturated/α-hetero) is 1. The van der Waals surface area contributed by atoms with E-state index in [2.05, 4.69) is 15.9 Å². The first-order valence-electron chi connectivity index (χ1n) is 8.63. The van der Waals surface area contributed by atoms with E-state index < -0.39 is 5.97 Å². The van der Waals surface area contributed by atoms with Crippen molar-refractivity contribution in [2.45, 2.75) is 6.92 Å². The molecule has 3 aromatic rings. The number of carbonyl (C=O) groups is 2. The normalized spacial score (nSPS) is 13.9. The van der Waals surface area contributed by atoms with Crippen LogP contribution in [0.25, 0.3) is 6.08 Å². The maximum Gasteiger partial charge on any atom is 0.344 e. The summed E-state index contributed by atoms with van der Waals surface area (Å²) in [6.07, 6.45) is 1.71. The molecule has 1 heterocycles. The lowest BCUT2D eigenvalue weighted by Gasteiger charge is -2.07. The van der Waals surface area contributed by atoms with E-state index in [1.54, 1.807) is 42.5 Å². The highest BCUT2D eigenvalue weighted by atomic mass is 79.9. The topological polar surface area (TPSA) is 52.6 Å². The molecule has 0 radical (unpaired) electrons. The summed E-state index contributed by atoms with van der Waals surface area (Å²) >= 11 is 3.33. The zero-order valence-electron chi connectivity index (χ0n) is 14.9. The third-order valence-corrected chi connectivity index (χ3v) is 4.98. The smallest absolute Gasteiger partial charge is 0.344 e. The molecular weight excluding hydrogens is 420 g/mol. The minimum absolute atomic E-state index is 0.194. The highest BCUT2D eigenvalue weighted by Crippen LogP contribution is 2.35. The number of aryl methyl sites for hydroxylation is 1. The van der Waals surface area contributed by atoms with E-state index in [1.165, 1.54) is 0 Å². The van der Waals surface area contributed by atoms with Crippen LogP contribution in [0, 0.1) is 6.92 Å². The summed E-state index contributed by atoms with van der Waals surface area (Å²) in [5, 5.41) is 0. The van der Waals surface area contributed by atoms with Gasteiger partial charge >= 0.3 is 5.97 Å². The number of halogens is 1. The standard InChI is InChI=1S/C23H15BrO4/c1-14-5-4-6-15(11-14)12-21-22(25)18-10-9-16(13-20(18)28-21)27-23(26)17-7-2-3-8-19(17)24/h2-13H,1H3. The van der Waals surface area contributed by atoms with Crippen molar-refractivity contribution in [3.05, 3.63) is 99.2 Å². The predicted octanol–water partition coefficient (Wildman–Crippen LogP) is 5.59. The summed E-state index contributed by atoms with van der Waals surface area (Å²) in [7, 11) is 0. The average molecular weight is 435 g/mol. The molecule has 0 amide bonds. The summed E-state index contributed by atoms with van der Waals surface area (Å²) in [6, 6.07) is 19.5. The third kappa shape index (κ3) is 3.62. The number of esters is 1. The Morgan fingerprint density at radius 2 is 1.86 bits per heavy atom. The van der Waals surface area contributed by atoms with Crippen molar-refractivity contribution in [3.63, 3.8) is 0 Å². The SMILES string of the molecule is Cc1cccc(C=C2Oc3cc(OC(=O)c4ccccc4Br)ccc3C2=O)c1. The van der Waals surface area contributed by atoms with Crippen LogP contribution in [-0.2, 0) is 0 Å². The van der Waals surface area contributed by atoms with Crippen LogP contribution in [0.3, 0.4) is 0 Å². The van der Waals surface area contributed by atoms with Crippen LogP contribution in [0.2, 0.25) is 0 Å². The molecule has 0 spiro atoms. The Kier molecular flexibility index (Phi) is 4.84. The van der Waals surface area contributed by atoms with Gasteiger partial charge in [-0.1, -0.05) is 42.0 Å². The molecule has 0 aliphatic carbocycles. The van der Waals surface area contributed by atoms with Gasteiger partial charge in [-0.05, 0) is 58.8 Å². The minimum atomic E-state index is -0.493. The molecule has 0 saturated heterocycles. The Labute approximate surface area is 170 Å². The van der Waals surface area contributed by atoms with Crippen LogP contribution < -0.4 is 9.47 Å². The lowest BCUT2D eigenvalue weighted by Crippen LogP contribution is -2.09. The molecule has 0 atom stereocenters. The molecule has 28 heavy (non-hydrogen) atoms. The maximum atomic E-state index is 12.6. The summed E-state index contributed by atoms with van der Waals surface area (Å²) < 4.78 is 11.8. The highest BCUT2D eigenvalue weighted by Gasteiger charge is 2.28. The van der Waals surface area contributed by atoms with Crippen LogP contribution in [0.5, 0.6) is 11.5 Å². The Morgan fingerprint density at radius 1 is 1.04 bits per heavy atom. The van der Waals surface area contributed by atoms with Crippen LogP contribution in [0.1, 0.15) is 31.8 Å². The molecule has 0 aromatic heterocycles. The number of ether oxygens (including phenoxy) is 2. The van der Waals surface area contributed by atoms with Crippen molar-refractivity contribution in [2.24, 2.45) is 0 Å². The first-order valence-corrected chi connectivity index (χ1v) is 9.42. The zero-order valence-corrected chi connectivity index (χ0v) is 16.5. The lowest BCUT2D eigenvalue weighted by atomic mass is 10.1. The average Bonchev–Trinajstić information content (AvgIpc) is 2.97. The first-order chi connectivity index (χ1) is 13.5. The second kappa shape index (κ2) is 7.44. The minimum Gasteiger partial charge on any atom is -0.452 e. The number of benzene rings is 3. The second-order valence-electron chi connectivity index (χ2n) is 6.38. The third-order valence-electron chi connectivity index (χ3n) is 4.29. The number of rotatable bonds is 3. The summed E-state index contributed by atoms with van der Waals surface area (Å²) in [4.78, 5) is 24.9. The van der Waals surface area contributed by atoms with Gasteiger partial charge in [0.05, 0.1) is 11.1 Å². The molecule has 138 valence electrons. The van der Waals surface area contributed by atoms with Gasteiger partial charge in [-0.2, -0.15) is 0 Å². The van der Waals surface area contributed by atoms with Gasteiger partial charge in [0.1, 0.15) is 11.5 Å². The number of hydrogen-bond donors (Lipinski definition) is 0. The molecule has 1 aliphatic rings. The van der Waals surface area contributed by atoms with Crippen molar-refractivity contribution in [1.82, 2.24) is 0 Å². The fourth-order valence-corrected chi connectivity index (χ4v) is 3.38. The van der Waals surface area contributed by atoms with E-state index in [-0.39, 0.29) is 11.5 Å². The Balaban J connectivity index is 1.57. The molecular formula is C23H15BrO4. The predicted molar refractivity (Wildman–Crippen MR) is 110 cm³/mol. The van der Waals surface area contributed by atoms with Gasteiger partial charge in [-0.15, -0.1) is 0 Å². The van der Waals surface area contributed by atoms with Gasteiger partial charge in [0.2, 0.25) is 5.78 Å². The highest BCUT2D eigenvalue weighted by molar-refractivity contribution is 9.10. The summed E-state index contributed by atoms with van der Waals surface area (Å²) in [6.45, 7) is 1.99. The molecule has 4 rings (SSSR count). The number of carbonyl (C=O) groups excluding carboxylic acids is 2. The number of allylic oxidation sites excluding steroid dienone is 1. The number of ketones is 1. The molecule has 0 bridgehead atoms. The van der Waals surface area contributed by atoms with Crippen LogP contribution in [0.15, 0.2) is 77.0 Å². The van der Waals surface area contributed by atoms with E-state index in [4.69, 9.17) is 9.47 Å². The molecule has 0 unspecified atom stereocenters. The lowest BCUT2D eigenvalue weighted by molar-refractivity contribution is 0.0733. The van der Waals surface area contributed by atoms with Crippen LogP contribution >= 0.6 is 15.9 Å². The van der Waals surface area contributed by atoms with Gasteiger partial charge in [0.15, 0.2) is 5.76 Å². The van der Waals surface area contributed by atoms with E-state index >= 15 is 0 Å². The fourth-order valence-electron chi connectivity index (χ4n) is 2.93. The quantitative estimate of drug-likeness (QED) is 0.306. The Hall–Kier alpha value is -3.18. The van der Waals surface area contributed by atoms with Crippen molar-refractivity contribution < 1.29 is 19.1 Å². The van der Waals surface area contributed by atoms with Gasteiger partial charge < -0.3 is 9.47 Å². The summed E-state index contributed by atoms with van der Waals surface area (Å²) in [5.41, 5.74) is 2.84. The number of fused-ring (bicyclic) bond motifs is 1. The van der Waals surface area contributed by atoms with E-state index in [0.29, 0.717) is 27.1 Å². The zero-order chi connectivity index (χ0) is 19.7.